The van der Waals surface area contributed by atoms with Gasteiger partial charge in [-0.15, -0.1) is 0 Å². The molecule has 2 N–H and O–H groups in total. The lowest BCUT2D eigenvalue weighted by Crippen LogP contribution is -2.31. The van der Waals surface area contributed by atoms with Crippen molar-refractivity contribution in [2.75, 3.05) is 36.4 Å². The van der Waals surface area contributed by atoms with Crippen LogP contribution in [0.2, 0.25) is 0 Å². The molecule has 8 nitrogen and oxygen atoms in total. The second-order valence-electron chi connectivity index (χ2n) is 7.09. The summed E-state index contributed by atoms with van der Waals surface area (Å²) in [5.74, 6) is 1.49. The molecule has 0 unspecified atom stereocenters. The zero-order valence-electron chi connectivity index (χ0n) is 16.7. The van der Waals surface area contributed by atoms with Crippen LogP contribution in [0, 0.1) is 20.8 Å². The molecule has 1 aliphatic heterocycles. The number of hydrogen-bond acceptors (Lipinski definition) is 6. The van der Waals surface area contributed by atoms with Crippen molar-refractivity contribution in [1.82, 2.24) is 25.1 Å². The summed E-state index contributed by atoms with van der Waals surface area (Å²) in [5.41, 5.74) is 3.20. The average molecular weight is 371 g/mol. The minimum atomic E-state index is -0.0981. The molecule has 3 heterocycles. The van der Waals surface area contributed by atoms with E-state index in [-0.39, 0.29) is 5.91 Å². The Hall–Kier alpha value is -2.64. The summed E-state index contributed by atoms with van der Waals surface area (Å²) >= 11 is 0. The number of amides is 1. The van der Waals surface area contributed by atoms with Gasteiger partial charge in [0, 0.05) is 50.7 Å². The fourth-order valence-corrected chi connectivity index (χ4v) is 3.46. The number of aromatic nitrogens is 4. The highest BCUT2D eigenvalue weighted by atomic mass is 16.1. The van der Waals surface area contributed by atoms with Crippen LogP contribution in [0.5, 0.6) is 0 Å². The molecule has 0 spiro atoms. The van der Waals surface area contributed by atoms with E-state index in [4.69, 9.17) is 0 Å². The molecular formula is C19H29N7O. The van der Waals surface area contributed by atoms with Crippen molar-refractivity contribution in [3.63, 3.8) is 0 Å². The van der Waals surface area contributed by atoms with E-state index in [0.29, 0.717) is 24.6 Å². The standard InChI is InChI=1S/C19H29N7O/c1-13-12-16(26-10-6-5-7-11-26)23-19(22-13)21-9-8-20-18(27)17-14(2)24-25(4)15(17)3/h12H,5-11H2,1-4H3,(H,20,27)(H,21,22,23). The molecule has 27 heavy (non-hydrogen) atoms. The Morgan fingerprint density at radius 1 is 1.11 bits per heavy atom. The van der Waals surface area contributed by atoms with Crippen LogP contribution in [0.1, 0.15) is 46.7 Å². The van der Waals surface area contributed by atoms with Gasteiger partial charge in [0.1, 0.15) is 5.82 Å². The Kier molecular flexibility index (Phi) is 5.93. The third-order valence-corrected chi connectivity index (χ3v) is 4.95. The Morgan fingerprint density at radius 2 is 1.85 bits per heavy atom. The molecule has 2 aromatic heterocycles. The van der Waals surface area contributed by atoms with Gasteiger partial charge >= 0.3 is 0 Å². The van der Waals surface area contributed by atoms with Gasteiger partial charge in [-0.2, -0.15) is 10.1 Å². The van der Waals surface area contributed by atoms with E-state index in [9.17, 15) is 4.79 Å². The van der Waals surface area contributed by atoms with Gasteiger partial charge in [-0.05, 0) is 40.0 Å². The molecule has 2 aromatic rings. The Bertz CT molecular complexity index is 809. The highest BCUT2D eigenvalue weighted by molar-refractivity contribution is 5.96. The first-order valence-electron chi connectivity index (χ1n) is 9.58. The fraction of sp³-hybridized carbons (Fsp3) is 0.579. The summed E-state index contributed by atoms with van der Waals surface area (Å²) in [6.45, 7) is 8.89. The van der Waals surface area contributed by atoms with E-state index < -0.39 is 0 Å². The monoisotopic (exact) mass is 371 g/mol. The van der Waals surface area contributed by atoms with Crippen molar-refractivity contribution >= 4 is 17.7 Å². The van der Waals surface area contributed by atoms with E-state index in [0.717, 1.165) is 36.0 Å². The van der Waals surface area contributed by atoms with E-state index in [2.05, 4.69) is 30.6 Å². The third kappa shape index (κ3) is 4.56. The van der Waals surface area contributed by atoms with Crippen LogP contribution in [0.25, 0.3) is 0 Å². The minimum Gasteiger partial charge on any atom is -0.356 e. The molecule has 146 valence electrons. The zero-order valence-corrected chi connectivity index (χ0v) is 16.7. The van der Waals surface area contributed by atoms with Crippen LogP contribution in [-0.2, 0) is 7.05 Å². The number of carbonyl (C=O) groups is 1. The van der Waals surface area contributed by atoms with Gasteiger partial charge < -0.3 is 15.5 Å². The molecule has 1 fully saturated rings. The summed E-state index contributed by atoms with van der Waals surface area (Å²) in [4.78, 5) is 23.8. The maximum Gasteiger partial charge on any atom is 0.255 e. The van der Waals surface area contributed by atoms with Gasteiger partial charge in [0.05, 0.1) is 11.3 Å². The largest absolute Gasteiger partial charge is 0.356 e. The first-order valence-corrected chi connectivity index (χ1v) is 9.58. The first kappa shape index (κ1) is 19.1. The van der Waals surface area contributed by atoms with Crippen LogP contribution in [-0.4, -0.2) is 51.8 Å². The molecular weight excluding hydrogens is 342 g/mol. The molecule has 1 saturated heterocycles. The highest BCUT2D eigenvalue weighted by Crippen LogP contribution is 2.19. The van der Waals surface area contributed by atoms with Crippen molar-refractivity contribution in [2.24, 2.45) is 7.05 Å². The number of rotatable bonds is 6. The van der Waals surface area contributed by atoms with Crippen LogP contribution in [0.4, 0.5) is 11.8 Å². The maximum atomic E-state index is 12.4. The quantitative estimate of drug-likeness (QED) is 0.755. The van der Waals surface area contributed by atoms with Crippen LogP contribution < -0.4 is 15.5 Å². The molecule has 3 rings (SSSR count). The molecule has 8 heteroatoms. The van der Waals surface area contributed by atoms with Crippen LogP contribution in [0.15, 0.2) is 6.07 Å². The van der Waals surface area contributed by atoms with Gasteiger partial charge in [0.2, 0.25) is 5.95 Å². The van der Waals surface area contributed by atoms with Crippen molar-refractivity contribution in [3.8, 4) is 0 Å². The highest BCUT2D eigenvalue weighted by Gasteiger charge is 2.17. The van der Waals surface area contributed by atoms with E-state index >= 15 is 0 Å². The summed E-state index contributed by atoms with van der Waals surface area (Å²) in [5, 5.41) is 10.4. The van der Waals surface area contributed by atoms with Crippen molar-refractivity contribution < 1.29 is 4.79 Å². The number of anilines is 2. The summed E-state index contributed by atoms with van der Waals surface area (Å²) in [6, 6.07) is 2.03. The third-order valence-electron chi connectivity index (χ3n) is 4.95. The smallest absolute Gasteiger partial charge is 0.255 e. The first-order chi connectivity index (χ1) is 13.0. The number of piperidine rings is 1. The van der Waals surface area contributed by atoms with Crippen LogP contribution in [0.3, 0.4) is 0 Å². The number of aryl methyl sites for hydroxylation is 3. The zero-order chi connectivity index (χ0) is 19.4. The SMILES string of the molecule is Cc1cc(N2CCCCC2)nc(NCCNC(=O)c2c(C)nn(C)c2C)n1. The lowest BCUT2D eigenvalue weighted by molar-refractivity contribution is 0.0954. The van der Waals surface area contributed by atoms with Gasteiger partial charge in [-0.3, -0.25) is 9.48 Å². The van der Waals surface area contributed by atoms with Crippen LogP contribution >= 0.6 is 0 Å². The Labute approximate surface area is 160 Å². The van der Waals surface area contributed by atoms with Gasteiger partial charge in [-0.1, -0.05) is 0 Å². The molecule has 0 saturated carbocycles. The molecule has 0 aliphatic carbocycles. The number of nitrogens with one attached hydrogen (secondary N) is 2. The lowest BCUT2D eigenvalue weighted by atomic mass is 10.1. The summed E-state index contributed by atoms with van der Waals surface area (Å²) in [6.07, 6.45) is 3.72. The van der Waals surface area contributed by atoms with Gasteiger partial charge in [-0.25, -0.2) is 4.98 Å². The number of carbonyl (C=O) groups excluding carboxylic acids is 1. The maximum absolute atomic E-state index is 12.4. The second kappa shape index (κ2) is 8.37. The molecule has 0 bridgehead atoms. The Balaban J connectivity index is 1.54. The van der Waals surface area contributed by atoms with Gasteiger partial charge in [0.15, 0.2) is 0 Å². The van der Waals surface area contributed by atoms with Gasteiger partial charge in [0.25, 0.3) is 5.91 Å². The fourth-order valence-electron chi connectivity index (χ4n) is 3.46. The molecule has 1 aliphatic rings. The van der Waals surface area contributed by atoms with E-state index in [1.165, 1.54) is 19.3 Å². The number of nitrogens with zero attached hydrogens (tertiary/aromatic N) is 5. The normalized spacial score (nSPS) is 14.3. The molecule has 0 atom stereocenters. The second-order valence-corrected chi connectivity index (χ2v) is 7.09. The molecule has 1 amide bonds. The van der Waals surface area contributed by atoms with Crippen molar-refractivity contribution in [3.05, 3.63) is 28.7 Å². The predicted octanol–water partition coefficient (Wildman–Crippen LogP) is 1.97. The topological polar surface area (TPSA) is 88.0 Å². The van der Waals surface area contributed by atoms with E-state index in [1.807, 2.05) is 33.9 Å². The minimum absolute atomic E-state index is 0.0981. The molecule has 0 radical (unpaired) electrons. The molecule has 0 aromatic carbocycles. The Morgan fingerprint density at radius 3 is 2.52 bits per heavy atom. The number of hydrogen-bond donors (Lipinski definition) is 2. The summed E-state index contributed by atoms with van der Waals surface area (Å²) in [7, 11) is 1.84. The van der Waals surface area contributed by atoms with E-state index in [1.54, 1.807) is 4.68 Å². The average Bonchev–Trinajstić information content (AvgIpc) is 2.91. The van der Waals surface area contributed by atoms with Crippen molar-refractivity contribution in [1.29, 1.82) is 0 Å². The predicted molar refractivity (Wildman–Crippen MR) is 106 cm³/mol. The summed E-state index contributed by atoms with van der Waals surface area (Å²) < 4.78 is 1.73. The van der Waals surface area contributed by atoms with Crippen molar-refractivity contribution in [2.45, 2.75) is 40.0 Å². The lowest BCUT2D eigenvalue weighted by Gasteiger charge is -2.28.